The van der Waals surface area contributed by atoms with E-state index in [0.29, 0.717) is 32.4 Å². The summed E-state index contributed by atoms with van der Waals surface area (Å²) in [6, 6.07) is -1.18. The van der Waals surface area contributed by atoms with E-state index in [9.17, 15) is 29.2 Å². The smallest absolute Gasteiger partial charge is 0.426 e. The van der Waals surface area contributed by atoms with E-state index in [2.05, 4.69) is 24.5 Å². The summed E-state index contributed by atoms with van der Waals surface area (Å²) in [6.07, 6.45) is 3.49. The van der Waals surface area contributed by atoms with Gasteiger partial charge in [-0.1, -0.05) is 61.3 Å². The topological polar surface area (TPSA) is 161 Å². The second-order valence-electron chi connectivity index (χ2n) is 13.7. The van der Waals surface area contributed by atoms with Gasteiger partial charge in [0.2, 0.25) is 23.6 Å². The van der Waals surface area contributed by atoms with Crippen molar-refractivity contribution in [1.29, 1.82) is 0 Å². The molecule has 2 aliphatic rings. The molecule has 4 amide bonds. The highest BCUT2D eigenvalue weighted by atomic mass is 16.5. The molecule has 2 heterocycles. The van der Waals surface area contributed by atoms with Crippen LogP contribution in [0.1, 0.15) is 93.4 Å². The van der Waals surface area contributed by atoms with Crippen molar-refractivity contribution in [2.75, 3.05) is 47.9 Å². The number of carbonyl (C=O) groups is 4. The first-order valence-corrected chi connectivity index (χ1v) is 17.9. The summed E-state index contributed by atoms with van der Waals surface area (Å²) in [5.74, 6) is -2.08. The van der Waals surface area contributed by atoms with E-state index in [1.165, 1.54) is 25.5 Å². The lowest BCUT2D eigenvalue weighted by atomic mass is 9.77. The third-order valence-electron chi connectivity index (χ3n) is 9.88. The van der Waals surface area contributed by atoms with Crippen molar-refractivity contribution < 1.29 is 38.7 Å². The van der Waals surface area contributed by atoms with Crippen molar-refractivity contribution in [2.24, 2.45) is 17.8 Å². The fraction of sp³-hybridized carbons (Fsp3) is 0.882. The maximum atomic E-state index is 13.9. The van der Waals surface area contributed by atoms with E-state index >= 15 is 0 Å². The quantitative estimate of drug-likeness (QED) is 0.167. The van der Waals surface area contributed by atoms with E-state index in [1.54, 1.807) is 30.8 Å². The summed E-state index contributed by atoms with van der Waals surface area (Å²) >= 11 is 0. The zero-order chi connectivity index (χ0) is 36.7. The third kappa shape index (κ3) is 11.7. The van der Waals surface area contributed by atoms with Crippen molar-refractivity contribution in [3.8, 4) is 0 Å². The Morgan fingerprint density at radius 2 is 1.54 bits per heavy atom. The molecule has 14 heteroatoms. The first kappa shape index (κ1) is 43.8. The average molecular weight is 684 g/mol. The summed E-state index contributed by atoms with van der Waals surface area (Å²) in [7, 11) is 4.86. The fourth-order valence-electron chi connectivity index (χ4n) is 7.12. The Labute approximate surface area is 290 Å². The van der Waals surface area contributed by atoms with Gasteiger partial charge >= 0.3 is 7.12 Å². The molecule has 2 fully saturated rings. The number of hydrogen-bond donors (Lipinski definition) is 4. The molecule has 278 valence electrons. The van der Waals surface area contributed by atoms with Crippen LogP contribution in [0.2, 0.25) is 0 Å². The lowest BCUT2D eigenvalue weighted by Gasteiger charge is -2.39. The van der Waals surface area contributed by atoms with Gasteiger partial charge in [-0.15, -0.1) is 0 Å². The average Bonchev–Trinajstić information content (AvgIpc) is 3.74. The lowest BCUT2D eigenvalue weighted by Crippen LogP contribution is -2.55. The summed E-state index contributed by atoms with van der Waals surface area (Å²) < 4.78 is 11.7. The van der Waals surface area contributed by atoms with Gasteiger partial charge < -0.3 is 44.9 Å². The van der Waals surface area contributed by atoms with Crippen LogP contribution in [0.5, 0.6) is 0 Å². The number of carbonyl (C=O) groups excluding carboxylic acids is 4. The molecule has 2 aliphatic heterocycles. The summed E-state index contributed by atoms with van der Waals surface area (Å²) in [5, 5.41) is 25.3. The Kier molecular flexibility index (Phi) is 19.8. The number of ether oxygens (including phenoxy) is 2. The fourth-order valence-corrected chi connectivity index (χ4v) is 7.12. The van der Waals surface area contributed by atoms with Crippen molar-refractivity contribution >= 4 is 30.7 Å². The monoisotopic (exact) mass is 684 g/mol. The van der Waals surface area contributed by atoms with Crippen molar-refractivity contribution in [3.63, 3.8) is 0 Å². The van der Waals surface area contributed by atoms with E-state index in [4.69, 9.17) is 9.47 Å². The van der Waals surface area contributed by atoms with E-state index in [-0.39, 0.29) is 54.5 Å². The molecule has 0 saturated carbocycles. The maximum Gasteiger partial charge on any atom is 0.475 e. The van der Waals surface area contributed by atoms with Crippen molar-refractivity contribution in [2.45, 2.75) is 130 Å². The number of nitrogens with one attached hydrogen (secondary N) is 2. The highest BCUT2D eigenvalue weighted by molar-refractivity contribution is 6.43. The standard InChI is InChI=1S/C31H58BN5O8.C3H8/c1-10-20(4)28(35(7)26(39)18-34-30(40)27(33-6)19(2)3)23(44-8)17-25(38)36-15-11-13-22(36)29(45-9)21(5)31(41)37-16-12-14-24(37)32(42)43;1-3-2/h19-24,27-29,33,42-43H,10-18H2,1-9H3,(H,34,40);3H2,1-2H3/t20-,21?,22?,23?,24?,27?,28?,29?;/m0./s1. The molecule has 2 rings (SSSR count). The van der Waals surface area contributed by atoms with Crippen LogP contribution in [0, 0.1) is 17.8 Å². The minimum Gasteiger partial charge on any atom is -0.426 e. The molecule has 0 radical (unpaired) electrons. The SMILES string of the molecule is CCC.CC[C@H](C)C(C(CC(=O)N1CCCC1C(OC)C(C)C(=O)N1CCCC1B(O)O)OC)N(C)C(=O)CNC(=O)C(NC)C(C)C. The van der Waals surface area contributed by atoms with Crippen LogP contribution < -0.4 is 10.6 Å². The highest BCUT2D eigenvalue weighted by Gasteiger charge is 2.45. The Balaban J connectivity index is 0.00000369. The van der Waals surface area contributed by atoms with Gasteiger partial charge in [0.25, 0.3) is 0 Å². The predicted octanol–water partition coefficient (Wildman–Crippen LogP) is 1.69. The van der Waals surface area contributed by atoms with Gasteiger partial charge in [0.05, 0.1) is 55.2 Å². The molecule has 7 unspecified atom stereocenters. The van der Waals surface area contributed by atoms with Crippen LogP contribution in [0.15, 0.2) is 0 Å². The number of hydrogen-bond acceptors (Lipinski definition) is 9. The molecule has 0 bridgehead atoms. The molecule has 48 heavy (non-hydrogen) atoms. The minimum absolute atomic E-state index is 0.00199. The molecule has 13 nitrogen and oxygen atoms in total. The van der Waals surface area contributed by atoms with Crippen molar-refractivity contribution in [3.05, 3.63) is 0 Å². The van der Waals surface area contributed by atoms with Crippen LogP contribution in [0.4, 0.5) is 0 Å². The molecule has 0 spiro atoms. The Bertz CT molecular complexity index is 1000. The summed E-state index contributed by atoms with van der Waals surface area (Å²) in [4.78, 5) is 58.2. The molecule has 2 saturated heterocycles. The zero-order valence-electron chi connectivity index (χ0n) is 31.5. The molecule has 0 aromatic carbocycles. The van der Waals surface area contributed by atoms with E-state index in [0.717, 1.165) is 12.8 Å². The number of likely N-dealkylation sites (tertiary alicyclic amines) is 2. The van der Waals surface area contributed by atoms with Crippen LogP contribution in [-0.2, 0) is 28.7 Å². The van der Waals surface area contributed by atoms with Crippen LogP contribution in [0.25, 0.3) is 0 Å². The van der Waals surface area contributed by atoms with Gasteiger partial charge in [-0.2, -0.15) is 0 Å². The molecular weight excluding hydrogens is 617 g/mol. The summed E-state index contributed by atoms with van der Waals surface area (Å²) in [5.41, 5.74) is 0. The van der Waals surface area contributed by atoms with Crippen LogP contribution >= 0.6 is 0 Å². The number of methoxy groups -OCH3 is 2. The second kappa shape index (κ2) is 21.7. The summed E-state index contributed by atoms with van der Waals surface area (Å²) in [6.45, 7) is 14.7. The number of amides is 4. The van der Waals surface area contributed by atoms with Gasteiger partial charge in [-0.25, -0.2) is 0 Å². The molecular formula is C34H66BN5O8. The molecule has 0 aromatic rings. The normalized spacial score (nSPS) is 21.5. The number of nitrogens with zero attached hydrogens (tertiary/aromatic N) is 3. The van der Waals surface area contributed by atoms with Gasteiger partial charge in [0.1, 0.15) is 0 Å². The lowest BCUT2D eigenvalue weighted by molar-refractivity contribution is -0.148. The highest BCUT2D eigenvalue weighted by Crippen LogP contribution is 2.31. The van der Waals surface area contributed by atoms with Gasteiger partial charge in [-0.05, 0) is 44.6 Å². The predicted molar refractivity (Wildman–Crippen MR) is 188 cm³/mol. The Hall–Kier alpha value is -2.26. The minimum atomic E-state index is -1.61. The Morgan fingerprint density at radius 3 is 2.04 bits per heavy atom. The van der Waals surface area contributed by atoms with E-state index < -0.39 is 43.3 Å². The first-order valence-electron chi connectivity index (χ1n) is 17.9. The largest absolute Gasteiger partial charge is 0.475 e. The molecule has 0 aromatic heterocycles. The molecule has 4 N–H and O–H groups in total. The van der Waals surface area contributed by atoms with Crippen LogP contribution in [0.3, 0.4) is 0 Å². The van der Waals surface area contributed by atoms with Gasteiger partial charge in [0, 0.05) is 34.4 Å². The maximum absolute atomic E-state index is 13.9. The molecule has 8 atom stereocenters. The van der Waals surface area contributed by atoms with Gasteiger partial charge in [0.15, 0.2) is 0 Å². The third-order valence-corrected chi connectivity index (χ3v) is 9.88. The number of rotatable bonds is 17. The zero-order valence-corrected chi connectivity index (χ0v) is 31.5. The van der Waals surface area contributed by atoms with Gasteiger partial charge in [-0.3, -0.25) is 19.2 Å². The van der Waals surface area contributed by atoms with Crippen LogP contribution in [-0.4, -0.2) is 140 Å². The van der Waals surface area contributed by atoms with Crippen molar-refractivity contribution in [1.82, 2.24) is 25.3 Å². The first-order chi connectivity index (χ1) is 22.7. The number of likely N-dealkylation sites (N-methyl/N-ethyl adjacent to an activating group) is 2. The molecule has 0 aliphatic carbocycles. The van der Waals surface area contributed by atoms with E-state index in [1.807, 2.05) is 27.7 Å². The Morgan fingerprint density at radius 1 is 0.958 bits per heavy atom. The second-order valence-corrected chi connectivity index (χ2v) is 13.7.